The summed E-state index contributed by atoms with van der Waals surface area (Å²) >= 11 is 0. The van der Waals surface area contributed by atoms with Gasteiger partial charge in [-0.2, -0.15) is 10.1 Å². The molecule has 0 aromatic carbocycles. The van der Waals surface area contributed by atoms with Crippen molar-refractivity contribution in [3.8, 4) is 0 Å². The molecule has 0 saturated heterocycles. The Morgan fingerprint density at radius 1 is 1.69 bits per heavy atom. The molecular formula is C8H13N5. The molecule has 0 aliphatic carbocycles. The lowest BCUT2D eigenvalue weighted by atomic mass is 10.1. The van der Waals surface area contributed by atoms with E-state index in [9.17, 15) is 0 Å². The van der Waals surface area contributed by atoms with Crippen LogP contribution in [0.25, 0.3) is 6.20 Å². The van der Waals surface area contributed by atoms with Gasteiger partial charge in [-0.05, 0) is 25.5 Å². The fraction of sp³-hybridized carbons (Fsp3) is 0.500. The van der Waals surface area contributed by atoms with Gasteiger partial charge in [-0.1, -0.05) is 0 Å². The lowest BCUT2D eigenvalue weighted by Gasteiger charge is -2.22. The average Bonchev–Trinajstić information content (AvgIpc) is 2.52. The van der Waals surface area contributed by atoms with E-state index < -0.39 is 0 Å². The van der Waals surface area contributed by atoms with Crippen LogP contribution in [0.2, 0.25) is 0 Å². The molecule has 0 fully saturated rings. The van der Waals surface area contributed by atoms with Crippen molar-refractivity contribution in [1.82, 2.24) is 14.8 Å². The average molecular weight is 179 g/mol. The first-order valence-corrected chi connectivity index (χ1v) is 4.38. The van der Waals surface area contributed by atoms with Gasteiger partial charge >= 0.3 is 0 Å². The highest BCUT2D eigenvalue weighted by atomic mass is 15.4. The van der Waals surface area contributed by atoms with Crippen molar-refractivity contribution in [2.75, 3.05) is 11.9 Å². The second-order valence-electron chi connectivity index (χ2n) is 3.14. The Labute approximate surface area is 76.6 Å². The van der Waals surface area contributed by atoms with Crippen LogP contribution in [-0.4, -0.2) is 27.4 Å². The molecule has 5 heteroatoms. The molecule has 1 aromatic rings. The Bertz CT molecular complexity index is 327. The standard InChI is InChI=1S/C8H13N5/c1-6-7(2-3-9)4-13-8(12-6)10-5-11-13/h4-6H,2-3,9H2,1H3,(H,10,11,12). The van der Waals surface area contributed by atoms with Crippen LogP contribution in [0.4, 0.5) is 5.95 Å². The number of nitrogens with zero attached hydrogens (tertiary/aromatic N) is 3. The third-order valence-corrected chi connectivity index (χ3v) is 2.20. The summed E-state index contributed by atoms with van der Waals surface area (Å²) in [5.41, 5.74) is 6.77. The molecule has 0 saturated carbocycles. The molecule has 0 spiro atoms. The van der Waals surface area contributed by atoms with Crippen molar-refractivity contribution in [1.29, 1.82) is 0 Å². The monoisotopic (exact) mass is 179 g/mol. The number of aromatic nitrogens is 3. The number of nitrogens with one attached hydrogen (secondary N) is 1. The van der Waals surface area contributed by atoms with E-state index in [0.717, 1.165) is 12.4 Å². The van der Waals surface area contributed by atoms with E-state index in [1.165, 1.54) is 11.9 Å². The highest BCUT2D eigenvalue weighted by molar-refractivity contribution is 5.49. The zero-order chi connectivity index (χ0) is 9.26. The van der Waals surface area contributed by atoms with Crippen LogP contribution in [0, 0.1) is 0 Å². The third kappa shape index (κ3) is 1.42. The van der Waals surface area contributed by atoms with Gasteiger partial charge in [-0.15, -0.1) is 0 Å². The van der Waals surface area contributed by atoms with E-state index in [0.29, 0.717) is 12.6 Å². The van der Waals surface area contributed by atoms with E-state index in [-0.39, 0.29) is 0 Å². The first-order valence-electron chi connectivity index (χ1n) is 4.38. The first kappa shape index (κ1) is 8.25. The second kappa shape index (κ2) is 3.18. The third-order valence-electron chi connectivity index (χ3n) is 2.20. The maximum atomic E-state index is 5.50. The Kier molecular flexibility index (Phi) is 2.02. The normalized spacial score (nSPS) is 20.5. The van der Waals surface area contributed by atoms with E-state index in [4.69, 9.17) is 5.73 Å². The topological polar surface area (TPSA) is 68.8 Å². The first-order chi connectivity index (χ1) is 6.31. The molecule has 13 heavy (non-hydrogen) atoms. The zero-order valence-electron chi connectivity index (χ0n) is 7.57. The number of hydrogen-bond donors (Lipinski definition) is 2. The van der Waals surface area contributed by atoms with Crippen molar-refractivity contribution in [2.24, 2.45) is 5.73 Å². The molecule has 3 N–H and O–H groups in total. The molecular weight excluding hydrogens is 166 g/mol. The van der Waals surface area contributed by atoms with Crippen molar-refractivity contribution in [3.05, 3.63) is 11.9 Å². The van der Waals surface area contributed by atoms with Crippen molar-refractivity contribution in [2.45, 2.75) is 19.4 Å². The molecule has 0 amide bonds. The van der Waals surface area contributed by atoms with Gasteiger partial charge in [0.15, 0.2) is 0 Å². The molecule has 0 radical (unpaired) electrons. The molecule has 70 valence electrons. The molecule has 0 bridgehead atoms. The second-order valence-corrected chi connectivity index (χ2v) is 3.14. The molecule has 1 unspecified atom stereocenters. The molecule has 1 aliphatic heterocycles. The largest absolute Gasteiger partial charge is 0.348 e. The van der Waals surface area contributed by atoms with Gasteiger partial charge in [0, 0.05) is 12.2 Å². The van der Waals surface area contributed by atoms with Gasteiger partial charge in [-0.3, -0.25) is 0 Å². The van der Waals surface area contributed by atoms with Gasteiger partial charge in [0.1, 0.15) is 6.33 Å². The smallest absolute Gasteiger partial charge is 0.225 e. The SMILES string of the molecule is CC1Nc2ncnn2C=C1CCN. The fourth-order valence-electron chi connectivity index (χ4n) is 1.45. The molecule has 1 aromatic heterocycles. The summed E-state index contributed by atoms with van der Waals surface area (Å²) in [5, 5.41) is 7.29. The summed E-state index contributed by atoms with van der Waals surface area (Å²) in [7, 11) is 0. The maximum absolute atomic E-state index is 5.50. The molecule has 2 heterocycles. The molecule has 1 aliphatic rings. The summed E-state index contributed by atoms with van der Waals surface area (Å²) in [4.78, 5) is 4.07. The summed E-state index contributed by atoms with van der Waals surface area (Å²) in [6.45, 7) is 2.77. The van der Waals surface area contributed by atoms with Gasteiger partial charge in [-0.25, -0.2) is 4.68 Å². The van der Waals surface area contributed by atoms with Gasteiger partial charge in [0.2, 0.25) is 5.95 Å². The summed E-state index contributed by atoms with van der Waals surface area (Å²) in [6.07, 6.45) is 4.43. The summed E-state index contributed by atoms with van der Waals surface area (Å²) in [5.74, 6) is 0.799. The van der Waals surface area contributed by atoms with Crippen LogP contribution in [0.3, 0.4) is 0 Å². The Morgan fingerprint density at radius 2 is 2.54 bits per heavy atom. The van der Waals surface area contributed by atoms with Crippen LogP contribution in [-0.2, 0) is 0 Å². The predicted octanol–water partition coefficient (Wildman–Crippen LogP) is 0.282. The lowest BCUT2D eigenvalue weighted by molar-refractivity contribution is 0.769. The van der Waals surface area contributed by atoms with Crippen molar-refractivity contribution >= 4 is 12.1 Å². The maximum Gasteiger partial charge on any atom is 0.225 e. The van der Waals surface area contributed by atoms with Gasteiger partial charge in [0.25, 0.3) is 0 Å². The van der Waals surface area contributed by atoms with E-state index in [2.05, 4.69) is 22.3 Å². The van der Waals surface area contributed by atoms with E-state index in [1.54, 1.807) is 4.68 Å². The minimum Gasteiger partial charge on any atom is -0.348 e. The predicted molar refractivity (Wildman–Crippen MR) is 51.1 cm³/mol. The van der Waals surface area contributed by atoms with Crippen molar-refractivity contribution in [3.63, 3.8) is 0 Å². The number of rotatable bonds is 2. The quantitative estimate of drug-likeness (QED) is 0.684. The summed E-state index contributed by atoms with van der Waals surface area (Å²) < 4.78 is 1.74. The van der Waals surface area contributed by atoms with Crippen molar-refractivity contribution < 1.29 is 0 Å². The Balaban J connectivity index is 2.29. The minimum absolute atomic E-state index is 0.306. The Hall–Kier alpha value is -1.36. The number of hydrogen-bond acceptors (Lipinski definition) is 4. The number of nitrogens with two attached hydrogens (primary N) is 1. The highest BCUT2D eigenvalue weighted by Gasteiger charge is 2.16. The molecule has 1 atom stereocenters. The van der Waals surface area contributed by atoms with Crippen LogP contribution < -0.4 is 11.1 Å². The Morgan fingerprint density at radius 3 is 3.31 bits per heavy atom. The minimum atomic E-state index is 0.306. The number of anilines is 1. The lowest BCUT2D eigenvalue weighted by Crippen LogP contribution is -2.26. The number of fused-ring (bicyclic) bond motifs is 1. The van der Waals surface area contributed by atoms with Gasteiger partial charge < -0.3 is 11.1 Å². The van der Waals surface area contributed by atoms with Crippen LogP contribution in [0.15, 0.2) is 11.9 Å². The zero-order valence-corrected chi connectivity index (χ0v) is 7.57. The van der Waals surface area contributed by atoms with E-state index >= 15 is 0 Å². The van der Waals surface area contributed by atoms with Gasteiger partial charge in [0.05, 0.1) is 0 Å². The summed E-state index contributed by atoms with van der Waals surface area (Å²) in [6, 6.07) is 0.306. The van der Waals surface area contributed by atoms with E-state index in [1.807, 2.05) is 6.20 Å². The highest BCUT2D eigenvalue weighted by Crippen LogP contribution is 2.19. The van der Waals surface area contributed by atoms with Crippen LogP contribution >= 0.6 is 0 Å². The molecule has 2 rings (SSSR count). The van der Waals surface area contributed by atoms with Crippen LogP contribution in [0.5, 0.6) is 0 Å². The molecule has 5 nitrogen and oxygen atoms in total. The fourth-order valence-corrected chi connectivity index (χ4v) is 1.45. The van der Waals surface area contributed by atoms with Crippen LogP contribution in [0.1, 0.15) is 13.3 Å².